The maximum Gasteiger partial charge on any atom is 0.222 e. The Labute approximate surface area is 83.5 Å². The van der Waals surface area contributed by atoms with Gasteiger partial charge >= 0.3 is 0 Å². The van der Waals surface area contributed by atoms with Gasteiger partial charge in [-0.3, -0.25) is 4.79 Å². The van der Waals surface area contributed by atoms with Crippen molar-refractivity contribution < 1.29 is 4.79 Å². The first kappa shape index (κ1) is 9.21. The van der Waals surface area contributed by atoms with Crippen molar-refractivity contribution in [3.05, 3.63) is 35.9 Å². The third-order valence-corrected chi connectivity index (χ3v) is 2.65. The van der Waals surface area contributed by atoms with Gasteiger partial charge in [0, 0.05) is 12.5 Å². The highest BCUT2D eigenvalue weighted by atomic mass is 16.2. The lowest BCUT2D eigenvalue weighted by Gasteiger charge is -2.18. The van der Waals surface area contributed by atoms with Crippen molar-refractivity contribution in [2.75, 3.05) is 7.05 Å². The Balaban J connectivity index is 2.22. The topological polar surface area (TPSA) is 41.1 Å². The third kappa shape index (κ3) is 1.63. The molecule has 3 nitrogen and oxygen atoms in total. The lowest BCUT2D eigenvalue weighted by atomic mass is 10.0. The predicted octanol–water partition coefficient (Wildman–Crippen LogP) is 0.836. The number of benzene rings is 1. The number of nitrogens with one attached hydrogen (secondary N) is 2. The summed E-state index contributed by atoms with van der Waals surface area (Å²) in [7, 11) is 1.89. The van der Waals surface area contributed by atoms with E-state index >= 15 is 0 Å². The lowest BCUT2D eigenvalue weighted by Crippen LogP contribution is -2.31. The molecule has 2 rings (SSSR count). The first-order valence-electron chi connectivity index (χ1n) is 4.83. The summed E-state index contributed by atoms with van der Waals surface area (Å²) in [5.41, 5.74) is 1.16. The first-order chi connectivity index (χ1) is 6.81. The summed E-state index contributed by atoms with van der Waals surface area (Å²) in [5, 5.41) is 6.13. The molecule has 1 aromatic rings. The molecule has 0 radical (unpaired) electrons. The molecular weight excluding hydrogens is 176 g/mol. The van der Waals surface area contributed by atoms with E-state index in [1.165, 1.54) is 0 Å². The summed E-state index contributed by atoms with van der Waals surface area (Å²) in [6.07, 6.45) is 0.566. The smallest absolute Gasteiger partial charge is 0.222 e. The summed E-state index contributed by atoms with van der Waals surface area (Å²) in [6.45, 7) is 0. The molecule has 1 amide bonds. The Kier molecular flexibility index (Phi) is 2.50. The number of carbonyl (C=O) groups is 1. The van der Waals surface area contributed by atoms with E-state index in [1.54, 1.807) is 0 Å². The van der Waals surface area contributed by atoms with Crippen LogP contribution in [0, 0.1) is 0 Å². The van der Waals surface area contributed by atoms with Crippen LogP contribution in [0.15, 0.2) is 30.3 Å². The summed E-state index contributed by atoms with van der Waals surface area (Å²) < 4.78 is 0. The molecular formula is C11H14N2O. The Morgan fingerprint density at radius 3 is 2.71 bits per heavy atom. The highest BCUT2D eigenvalue weighted by molar-refractivity contribution is 5.80. The van der Waals surface area contributed by atoms with Crippen molar-refractivity contribution in [1.29, 1.82) is 0 Å². The molecule has 3 heteroatoms. The summed E-state index contributed by atoms with van der Waals surface area (Å²) in [4.78, 5) is 11.2. The van der Waals surface area contributed by atoms with Crippen LogP contribution >= 0.6 is 0 Å². The maximum atomic E-state index is 11.2. The van der Waals surface area contributed by atoms with E-state index in [0.29, 0.717) is 6.42 Å². The molecule has 0 bridgehead atoms. The molecule has 1 aliphatic heterocycles. The molecule has 0 aromatic heterocycles. The van der Waals surface area contributed by atoms with Crippen molar-refractivity contribution in [3.63, 3.8) is 0 Å². The Morgan fingerprint density at radius 1 is 1.36 bits per heavy atom. The second-order valence-electron chi connectivity index (χ2n) is 3.56. The molecule has 1 aromatic carbocycles. The van der Waals surface area contributed by atoms with E-state index in [1.807, 2.05) is 37.4 Å². The van der Waals surface area contributed by atoms with Gasteiger partial charge in [0.2, 0.25) is 5.91 Å². The molecule has 0 spiro atoms. The zero-order valence-corrected chi connectivity index (χ0v) is 8.16. The van der Waals surface area contributed by atoms with E-state index in [4.69, 9.17) is 0 Å². The second kappa shape index (κ2) is 3.80. The minimum atomic E-state index is 0.119. The van der Waals surface area contributed by atoms with E-state index in [2.05, 4.69) is 10.6 Å². The lowest BCUT2D eigenvalue weighted by molar-refractivity contribution is -0.119. The van der Waals surface area contributed by atoms with Gasteiger partial charge in [-0.1, -0.05) is 30.3 Å². The van der Waals surface area contributed by atoms with Crippen LogP contribution < -0.4 is 10.6 Å². The van der Waals surface area contributed by atoms with Gasteiger partial charge in [0.1, 0.15) is 0 Å². The van der Waals surface area contributed by atoms with Crippen molar-refractivity contribution in [2.24, 2.45) is 0 Å². The average Bonchev–Trinajstić information content (AvgIpc) is 2.61. The fourth-order valence-electron chi connectivity index (χ4n) is 1.90. The maximum absolute atomic E-state index is 11.2. The second-order valence-corrected chi connectivity index (χ2v) is 3.56. The van der Waals surface area contributed by atoms with Crippen LogP contribution in [0.2, 0.25) is 0 Å². The van der Waals surface area contributed by atoms with Gasteiger partial charge in [-0.2, -0.15) is 0 Å². The van der Waals surface area contributed by atoms with Crippen molar-refractivity contribution in [2.45, 2.75) is 18.5 Å². The Bertz CT molecular complexity index is 323. The van der Waals surface area contributed by atoms with Crippen molar-refractivity contribution in [1.82, 2.24) is 10.6 Å². The molecule has 2 N–H and O–H groups in total. The zero-order chi connectivity index (χ0) is 9.97. The number of rotatable bonds is 2. The molecule has 0 aliphatic carbocycles. The van der Waals surface area contributed by atoms with Crippen LogP contribution in [0.5, 0.6) is 0 Å². The molecule has 2 atom stereocenters. The van der Waals surface area contributed by atoms with Crippen LogP contribution in [0.4, 0.5) is 0 Å². The SMILES string of the molecule is CN[C@H]1CC(=O)NC1c1ccccc1. The van der Waals surface area contributed by atoms with Crippen LogP contribution in [0.1, 0.15) is 18.0 Å². The number of hydrogen-bond acceptors (Lipinski definition) is 2. The van der Waals surface area contributed by atoms with Crippen molar-refractivity contribution in [3.8, 4) is 0 Å². The van der Waals surface area contributed by atoms with Gasteiger partial charge in [0.05, 0.1) is 6.04 Å². The van der Waals surface area contributed by atoms with Crippen LogP contribution in [0.25, 0.3) is 0 Å². The standard InChI is InChI=1S/C11H14N2O/c1-12-9-7-10(14)13-11(9)8-5-3-2-4-6-8/h2-6,9,11-12H,7H2,1H3,(H,13,14)/t9-,11?/m0/s1. The molecule has 74 valence electrons. The molecule has 0 saturated carbocycles. The van der Waals surface area contributed by atoms with E-state index in [0.717, 1.165) is 5.56 Å². The largest absolute Gasteiger partial charge is 0.348 e. The van der Waals surface area contributed by atoms with Crippen LogP contribution in [-0.2, 0) is 4.79 Å². The van der Waals surface area contributed by atoms with E-state index in [-0.39, 0.29) is 18.0 Å². The molecule has 1 unspecified atom stereocenters. The summed E-state index contributed by atoms with van der Waals surface area (Å²) in [5.74, 6) is 0.123. The zero-order valence-electron chi connectivity index (χ0n) is 8.16. The summed E-state index contributed by atoms with van der Waals surface area (Å²) >= 11 is 0. The fourth-order valence-corrected chi connectivity index (χ4v) is 1.90. The quantitative estimate of drug-likeness (QED) is 0.725. The van der Waals surface area contributed by atoms with Gasteiger partial charge in [0.25, 0.3) is 0 Å². The molecule has 1 fully saturated rings. The average molecular weight is 190 g/mol. The number of amides is 1. The highest BCUT2D eigenvalue weighted by Gasteiger charge is 2.31. The highest BCUT2D eigenvalue weighted by Crippen LogP contribution is 2.23. The van der Waals surface area contributed by atoms with Crippen molar-refractivity contribution >= 4 is 5.91 Å². The van der Waals surface area contributed by atoms with Crippen LogP contribution in [0.3, 0.4) is 0 Å². The minimum absolute atomic E-state index is 0.119. The molecule has 1 heterocycles. The molecule has 1 aliphatic rings. The Hall–Kier alpha value is -1.35. The number of hydrogen-bond donors (Lipinski definition) is 2. The summed E-state index contributed by atoms with van der Waals surface area (Å²) in [6, 6.07) is 10.4. The number of likely N-dealkylation sites (N-methyl/N-ethyl adjacent to an activating group) is 1. The first-order valence-corrected chi connectivity index (χ1v) is 4.83. The van der Waals surface area contributed by atoms with Gasteiger partial charge < -0.3 is 10.6 Å². The third-order valence-electron chi connectivity index (χ3n) is 2.65. The predicted molar refractivity (Wildman–Crippen MR) is 54.8 cm³/mol. The van der Waals surface area contributed by atoms with Gasteiger partial charge in [-0.05, 0) is 12.6 Å². The number of carbonyl (C=O) groups excluding carboxylic acids is 1. The Morgan fingerprint density at radius 2 is 2.07 bits per heavy atom. The van der Waals surface area contributed by atoms with E-state index in [9.17, 15) is 4.79 Å². The normalized spacial score (nSPS) is 26.2. The van der Waals surface area contributed by atoms with E-state index < -0.39 is 0 Å². The van der Waals surface area contributed by atoms with Gasteiger partial charge in [-0.25, -0.2) is 0 Å². The van der Waals surface area contributed by atoms with Crippen LogP contribution in [-0.4, -0.2) is 19.0 Å². The van der Waals surface area contributed by atoms with Gasteiger partial charge in [-0.15, -0.1) is 0 Å². The monoisotopic (exact) mass is 190 g/mol. The fraction of sp³-hybridized carbons (Fsp3) is 0.364. The molecule has 1 saturated heterocycles. The molecule has 14 heavy (non-hydrogen) atoms. The minimum Gasteiger partial charge on any atom is -0.348 e. The van der Waals surface area contributed by atoms with Gasteiger partial charge in [0.15, 0.2) is 0 Å².